The van der Waals surface area contributed by atoms with Gasteiger partial charge in [-0.3, -0.25) is 0 Å². The van der Waals surface area contributed by atoms with Gasteiger partial charge in [-0.15, -0.1) is 0 Å². The van der Waals surface area contributed by atoms with Crippen LogP contribution in [0, 0.1) is 5.92 Å². The predicted molar refractivity (Wildman–Crippen MR) is 67.4 cm³/mol. The lowest BCUT2D eigenvalue weighted by Gasteiger charge is -2.11. The van der Waals surface area contributed by atoms with Crippen molar-refractivity contribution in [2.75, 3.05) is 67.0 Å². The SMILES string of the molecule is COCCOCCOCCNCC(C)COC. The van der Waals surface area contributed by atoms with Gasteiger partial charge in [-0.2, -0.15) is 0 Å². The Hall–Kier alpha value is -0.200. The highest BCUT2D eigenvalue weighted by atomic mass is 16.5. The molecule has 0 bridgehead atoms. The summed E-state index contributed by atoms with van der Waals surface area (Å²) in [6.07, 6.45) is 0. The summed E-state index contributed by atoms with van der Waals surface area (Å²) < 4.78 is 20.6. The van der Waals surface area contributed by atoms with Crippen molar-refractivity contribution in [2.45, 2.75) is 6.92 Å². The van der Waals surface area contributed by atoms with E-state index in [0.717, 1.165) is 19.7 Å². The second-order valence-electron chi connectivity index (χ2n) is 3.98. The molecule has 17 heavy (non-hydrogen) atoms. The Morgan fingerprint density at radius 3 is 2.18 bits per heavy atom. The molecule has 0 aromatic rings. The molecule has 0 rings (SSSR count). The molecule has 0 aliphatic heterocycles. The zero-order valence-electron chi connectivity index (χ0n) is 11.4. The monoisotopic (exact) mass is 249 g/mol. The molecule has 0 aliphatic rings. The Labute approximate surface area is 105 Å². The minimum Gasteiger partial charge on any atom is -0.384 e. The third-order valence-corrected chi connectivity index (χ3v) is 2.17. The van der Waals surface area contributed by atoms with Crippen LogP contribution in [0.4, 0.5) is 0 Å². The minimum atomic E-state index is 0.539. The van der Waals surface area contributed by atoms with Crippen LogP contribution in [0.5, 0.6) is 0 Å². The zero-order chi connectivity index (χ0) is 12.8. The van der Waals surface area contributed by atoms with Crippen LogP contribution in [0.25, 0.3) is 0 Å². The van der Waals surface area contributed by atoms with Gasteiger partial charge in [-0.05, 0) is 12.5 Å². The maximum Gasteiger partial charge on any atom is 0.0701 e. The molecule has 0 heterocycles. The van der Waals surface area contributed by atoms with Crippen LogP contribution >= 0.6 is 0 Å². The number of hydrogen-bond acceptors (Lipinski definition) is 5. The first kappa shape index (κ1) is 16.8. The van der Waals surface area contributed by atoms with Gasteiger partial charge in [-0.25, -0.2) is 0 Å². The van der Waals surface area contributed by atoms with E-state index in [-0.39, 0.29) is 0 Å². The lowest BCUT2D eigenvalue weighted by molar-refractivity contribution is 0.0254. The van der Waals surface area contributed by atoms with Crippen LogP contribution in [-0.4, -0.2) is 67.0 Å². The third-order valence-electron chi connectivity index (χ3n) is 2.17. The molecule has 0 fully saturated rings. The average molecular weight is 249 g/mol. The molecule has 0 aromatic heterocycles. The van der Waals surface area contributed by atoms with Crippen LogP contribution in [-0.2, 0) is 18.9 Å². The summed E-state index contributed by atoms with van der Waals surface area (Å²) >= 11 is 0. The number of rotatable bonds is 13. The van der Waals surface area contributed by atoms with E-state index in [0.29, 0.717) is 39.0 Å². The van der Waals surface area contributed by atoms with Crippen molar-refractivity contribution >= 4 is 0 Å². The average Bonchev–Trinajstić information content (AvgIpc) is 2.32. The van der Waals surface area contributed by atoms with Gasteiger partial charge in [0.1, 0.15) is 0 Å². The van der Waals surface area contributed by atoms with Gasteiger partial charge >= 0.3 is 0 Å². The quantitative estimate of drug-likeness (QED) is 0.483. The van der Waals surface area contributed by atoms with Gasteiger partial charge in [0.25, 0.3) is 0 Å². The molecule has 0 saturated heterocycles. The molecule has 104 valence electrons. The van der Waals surface area contributed by atoms with Crippen molar-refractivity contribution in [1.29, 1.82) is 0 Å². The van der Waals surface area contributed by atoms with Gasteiger partial charge in [0, 0.05) is 27.4 Å². The largest absolute Gasteiger partial charge is 0.384 e. The number of methoxy groups -OCH3 is 2. The molecule has 0 aromatic carbocycles. The normalized spacial score (nSPS) is 12.9. The van der Waals surface area contributed by atoms with Crippen LogP contribution in [0.1, 0.15) is 6.92 Å². The summed E-state index contributed by atoms with van der Waals surface area (Å²) in [6.45, 7) is 8.03. The van der Waals surface area contributed by atoms with Crippen LogP contribution in [0.2, 0.25) is 0 Å². The standard InChI is InChI=1S/C12H27NO4/c1-12(11-15-3)10-13-4-5-16-8-9-17-7-6-14-2/h12-13H,4-11H2,1-3H3. The van der Waals surface area contributed by atoms with E-state index in [9.17, 15) is 0 Å². The van der Waals surface area contributed by atoms with Crippen molar-refractivity contribution in [2.24, 2.45) is 5.92 Å². The molecule has 0 spiro atoms. The Morgan fingerprint density at radius 1 is 0.882 bits per heavy atom. The molecule has 0 radical (unpaired) electrons. The van der Waals surface area contributed by atoms with Gasteiger partial charge in [0.2, 0.25) is 0 Å². The van der Waals surface area contributed by atoms with E-state index in [4.69, 9.17) is 18.9 Å². The van der Waals surface area contributed by atoms with E-state index in [1.165, 1.54) is 0 Å². The summed E-state index contributed by atoms with van der Waals surface area (Å²) in [5, 5.41) is 3.32. The highest BCUT2D eigenvalue weighted by Gasteiger charge is 1.99. The first-order valence-electron chi connectivity index (χ1n) is 6.15. The smallest absolute Gasteiger partial charge is 0.0701 e. The van der Waals surface area contributed by atoms with Crippen LogP contribution < -0.4 is 5.32 Å². The Balaban J connectivity index is 2.98. The number of nitrogens with one attached hydrogen (secondary N) is 1. The summed E-state index contributed by atoms with van der Waals surface area (Å²) in [4.78, 5) is 0. The molecule has 0 aliphatic carbocycles. The minimum absolute atomic E-state index is 0.539. The summed E-state index contributed by atoms with van der Waals surface area (Å²) in [5.74, 6) is 0.539. The Bertz CT molecular complexity index is 146. The number of ether oxygens (including phenoxy) is 4. The summed E-state index contributed by atoms with van der Waals surface area (Å²) in [5.41, 5.74) is 0. The fraction of sp³-hybridized carbons (Fsp3) is 1.00. The molecule has 5 heteroatoms. The maximum atomic E-state index is 5.40. The van der Waals surface area contributed by atoms with Gasteiger partial charge in [-0.1, -0.05) is 6.92 Å². The predicted octanol–water partition coefficient (Wildman–Crippen LogP) is 0.538. The van der Waals surface area contributed by atoms with Crippen molar-refractivity contribution < 1.29 is 18.9 Å². The zero-order valence-corrected chi connectivity index (χ0v) is 11.4. The fourth-order valence-corrected chi connectivity index (χ4v) is 1.30. The van der Waals surface area contributed by atoms with E-state index < -0.39 is 0 Å². The van der Waals surface area contributed by atoms with E-state index in [2.05, 4.69) is 12.2 Å². The topological polar surface area (TPSA) is 49.0 Å². The van der Waals surface area contributed by atoms with E-state index >= 15 is 0 Å². The molecule has 0 saturated carbocycles. The van der Waals surface area contributed by atoms with Crippen molar-refractivity contribution in [3.63, 3.8) is 0 Å². The molecule has 1 unspecified atom stereocenters. The fourth-order valence-electron chi connectivity index (χ4n) is 1.30. The highest BCUT2D eigenvalue weighted by Crippen LogP contribution is 1.91. The first-order valence-corrected chi connectivity index (χ1v) is 6.15. The highest BCUT2D eigenvalue weighted by molar-refractivity contribution is 4.55. The second kappa shape index (κ2) is 13.9. The van der Waals surface area contributed by atoms with Gasteiger partial charge in [0.15, 0.2) is 0 Å². The molecule has 5 nitrogen and oxygen atoms in total. The van der Waals surface area contributed by atoms with Gasteiger partial charge < -0.3 is 24.3 Å². The maximum absolute atomic E-state index is 5.40. The Kier molecular flexibility index (Phi) is 13.7. The molecular formula is C12H27NO4. The van der Waals surface area contributed by atoms with Gasteiger partial charge in [0.05, 0.1) is 33.0 Å². The molecule has 1 atom stereocenters. The van der Waals surface area contributed by atoms with E-state index in [1.807, 2.05) is 0 Å². The van der Waals surface area contributed by atoms with Crippen molar-refractivity contribution in [3.8, 4) is 0 Å². The second-order valence-corrected chi connectivity index (χ2v) is 3.98. The van der Waals surface area contributed by atoms with Crippen molar-refractivity contribution in [1.82, 2.24) is 5.32 Å². The van der Waals surface area contributed by atoms with Crippen LogP contribution in [0.15, 0.2) is 0 Å². The van der Waals surface area contributed by atoms with Crippen LogP contribution in [0.3, 0.4) is 0 Å². The molecular weight excluding hydrogens is 222 g/mol. The third kappa shape index (κ3) is 13.7. The molecule has 1 N–H and O–H groups in total. The first-order chi connectivity index (χ1) is 8.31. The number of hydrogen-bond donors (Lipinski definition) is 1. The summed E-state index contributed by atoms with van der Waals surface area (Å²) in [6, 6.07) is 0. The lowest BCUT2D eigenvalue weighted by atomic mass is 10.2. The molecule has 0 amide bonds. The summed E-state index contributed by atoms with van der Waals surface area (Å²) in [7, 11) is 3.39. The van der Waals surface area contributed by atoms with E-state index in [1.54, 1.807) is 14.2 Å². The van der Waals surface area contributed by atoms with Crippen molar-refractivity contribution in [3.05, 3.63) is 0 Å². The lowest BCUT2D eigenvalue weighted by Crippen LogP contribution is -2.27. The Morgan fingerprint density at radius 2 is 1.53 bits per heavy atom.